The highest BCUT2D eigenvalue weighted by Crippen LogP contribution is 2.43. The van der Waals surface area contributed by atoms with Gasteiger partial charge in [0, 0.05) is 11.1 Å². The summed E-state index contributed by atoms with van der Waals surface area (Å²) in [6.45, 7) is 4.63. The summed E-state index contributed by atoms with van der Waals surface area (Å²) in [5.74, 6) is -1.88. The summed E-state index contributed by atoms with van der Waals surface area (Å²) in [6, 6.07) is 9.94. The Balaban J connectivity index is 1.76. The Labute approximate surface area is 206 Å². The Kier molecular flexibility index (Phi) is 10.1. The van der Waals surface area contributed by atoms with Crippen LogP contribution in [0.5, 0.6) is 5.75 Å². The average Bonchev–Trinajstić information content (AvgIpc) is 2.87. The minimum Gasteiger partial charge on any atom is -0.493 e. The standard InChI is InChI=1S/C29H37F3O3/c1-3-5-6-16-35-27-18-22(14-15-23(27)24-8-7-9-25(30)28(24)32)21-12-10-20(11-13-21)19(4-2)17-26(31)29(33)34/h7-9,14-15,18-21,26H,3-6,10-13,16-17H2,1-2H3,(H,33,34)/t19?,20?,21?,26-/m0/s1. The molecule has 0 radical (unpaired) electrons. The number of carboxylic acids is 1. The van der Waals surface area contributed by atoms with Crippen LogP contribution in [0.25, 0.3) is 11.1 Å². The molecule has 0 aliphatic heterocycles. The Morgan fingerprint density at radius 2 is 1.80 bits per heavy atom. The van der Waals surface area contributed by atoms with Crippen molar-refractivity contribution in [2.75, 3.05) is 6.61 Å². The van der Waals surface area contributed by atoms with Crippen LogP contribution in [0.2, 0.25) is 0 Å². The molecule has 3 rings (SSSR count). The van der Waals surface area contributed by atoms with E-state index in [1.54, 1.807) is 6.07 Å². The van der Waals surface area contributed by atoms with E-state index in [4.69, 9.17) is 9.84 Å². The van der Waals surface area contributed by atoms with Crippen LogP contribution in [-0.2, 0) is 4.79 Å². The van der Waals surface area contributed by atoms with Crippen molar-refractivity contribution in [3.63, 3.8) is 0 Å². The molecule has 2 aromatic carbocycles. The molecule has 1 aliphatic carbocycles. The number of aliphatic carboxylic acids is 1. The van der Waals surface area contributed by atoms with Crippen LogP contribution in [0.1, 0.15) is 83.1 Å². The largest absolute Gasteiger partial charge is 0.493 e. The summed E-state index contributed by atoms with van der Waals surface area (Å²) in [7, 11) is 0. The van der Waals surface area contributed by atoms with Gasteiger partial charge in [0.2, 0.25) is 0 Å². The van der Waals surface area contributed by atoms with Gasteiger partial charge in [-0.3, -0.25) is 0 Å². The lowest BCUT2D eigenvalue weighted by Crippen LogP contribution is -2.26. The van der Waals surface area contributed by atoms with Gasteiger partial charge in [0.25, 0.3) is 0 Å². The lowest BCUT2D eigenvalue weighted by molar-refractivity contribution is -0.143. The molecule has 0 heterocycles. The molecular weight excluding hydrogens is 453 g/mol. The minimum atomic E-state index is -1.80. The van der Waals surface area contributed by atoms with Gasteiger partial charge in [0.1, 0.15) is 5.75 Å². The smallest absolute Gasteiger partial charge is 0.338 e. The number of halogens is 3. The fourth-order valence-corrected chi connectivity index (χ4v) is 5.36. The third-order valence-corrected chi connectivity index (χ3v) is 7.46. The first-order valence-corrected chi connectivity index (χ1v) is 12.9. The number of rotatable bonds is 12. The molecule has 1 N–H and O–H groups in total. The van der Waals surface area contributed by atoms with Crippen LogP contribution in [0, 0.1) is 23.5 Å². The number of benzene rings is 2. The molecule has 0 bridgehead atoms. The van der Waals surface area contributed by atoms with Gasteiger partial charge in [-0.1, -0.05) is 57.4 Å². The molecule has 0 spiro atoms. The molecule has 192 valence electrons. The average molecular weight is 491 g/mol. The molecule has 1 aliphatic rings. The second kappa shape index (κ2) is 13.0. The van der Waals surface area contributed by atoms with Crippen molar-refractivity contribution in [1.82, 2.24) is 0 Å². The molecule has 2 aromatic rings. The fourth-order valence-electron chi connectivity index (χ4n) is 5.36. The van der Waals surface area contributed by atoms with E-state index >= 15 is 0 Å². The van der Waals surface area contributed by atoms with Gasteiger partial charge < -0.3 is 9.84 Å². The first kappa shape index (κ1) is 27.1. The molecule has 1 unspecified atom stereocenters. The van der Waals surface area contributed by atoms with Crippen molar-refractivity contribution in [2.45, 2.75) is 83.7 Å². The zero-order valence-corrected chi connectivity index (χ0v) is 20.7. The highest BCUT2D eigenvalue weighted by Gasteiger charge is 2.31. The van der Waals surface area contributed by atoms with Crippen LogP contribution >= 0.6 is 0 Å². The summed E-state index contributed by atoms with van der Waals surface area (Å²) < 4.78 is 48.4. The predicted molar refractivity (Wildman–Crippen MR) is 132 cm³/mol. The van der Waals surface area contributed by atoms with Gasteiger partial charge >= 0.3 is 5.97 Å². The predicted octanol–water partition coefficient (Wildman–Crippen LogP) is 8.31. The number of carbonyl (C=O) groups is 1. The fraction of sp³-hybridized carbons (Fsp3) is 0.552. The highest BCUT2D eigenvalue weighted by atomic mass is 19.2. The van der Waals surface area contributed by atoms with E-state index in [0.717, 1.165) is 63.0 Å². The molecule has 0 amide bonds. The number of ether oxygens (including phenoxy) is 1. The van der Waals surface area contributed by atoms with Gasteiger partial charge in [0.15, 0.2) is 17.8 Å². The number of unbranched alkanes of at least 4 members (excludes halogenated alkanes) is 2. The van der Waals surface area contributed by atoms with Crippen LogP contribution in [0.3, 0.4) is 0 Å². The van der Waals surface area contributed by atoms with E-state index in [2.05, 4.69) is 6.92 Å². The van der Waals surface area contributed by atoms with E-state index in [-0.39, 0.29) is 17.9 Å². The zero-order valence-electron chi connectivity index (χ0n) is 20.7. The van der Waals surface area contributed by atoms with Crippen molar-refractivity contribution >= 4 is 5.97 Å². The lowest BCUT2D eigenvalue weighted by atomic mass is 9.71. The normalized spacial score (nSPS) is 19.8. The molecule has 35 heavy (non-hydrogen) atoms. The summed E-state index contributed by atoms with van der Waals surface area (Å²) in [5, 5.41) is 8.94. The number of alkyl halides is 1. The molecular formula is C29H37F3O3. The molecule has 0 saturated heterocycles. The maximum absolute atomic E-state index is 14.6. The van der Waals surface area contributed by atoms with E-state index in [9.17, 15) is 18.0 Å². The van der Waals surface area contributed by atoms with Crippen molar-refractivity contribution in [3.8, 4) is 16.9 Å². The van der Waals surface area contributed by atoms with E-state index in [0.29, 0.717) is 29.8 Å². The van der Waals surface area contributed by atoms with Crippen molar-refractivity contribution in [1.29, 1.82) is 0 Å². The Bertz CT molecular complexity index is 970. The van der Waals surface area contributed by atoms with E-state index in [1.165, 1.54) is 6.07 Å². The van der Waals surface area contributed by atoms with Gasteiger partial charge in [0.05, 0.1) is 6.61 Å². The maximum Gasteiger partial charge on any atom is 0.338 e. The summed E-state index contributed by atoms with van der Waals surface area (Å²) in [5.41, 5.74) is 1.84. The van der Waals surface area contributed by atoms with Crippen LogP contribution in [0.15, 0.2) is 36.4 Å². The minimum absolute atomic E-state index is 0.0674. The zero-order chi connectivity index (χ0) is 25.4. The van der Waals surface area contributed by atoms with Crippen LogP contribution in [0.4, 0.5) is 13.2 Å². The molecule has 0 aromatic heterocycles. The summed E-state index contributed by atoms with van der Waals surface area (Å²) >= 11 is 0. The molecule has 1 fully saturated rings. The molecule has 3 nitrogen and oxygen atoms in total. The van der Waals surface area contributed by atoms with Gasteiger partial charge in [-0.25, -0.2) is 18.0 Å². The summed E-state index contributed by atoms with van der Waals surface area (Å²) in [6.07, 6.45) is 5.71. The van der Waals surface area contributed by atoms with Crippen molar-refractivity contribution in [3.05, 3.63) is 53.6 Å². The molecule has 6 heteroatoms. The quantitative estimate of drug-likeness (QED) is 0.304. The van der Waals surface area contributed by atoms with Crippen molar-refractivity contribution in [2.24, 2.45) is 11.8 Å². The first-order valence-electron chi connectivity index (χ1n) is 12.9. The topological polar surface area (TPSA) is 46.5 Å². The second-order valence-electron chi connectivity index (χ2n) is 9.73. The van der Waals surface area contributed by atoms with Gasteiger partial charge in [-0.2, -0.15) is 0 Å². The van der Waals surface area contributed by atoms with Crippen molar-refractivity contribution < 1.29 is 27.8 Å². The number of hydrogen-bond acceptors (Lipinski definition) is 2. The van der Waals surface area contributed by atoms with E-state index < -0.39 is 23.8 Å². The highest BCUT2D eigenvalue weighted by molar-refractivity contribution is 5.72. The van der Waals surface area contributed by atoms with Crippen LogP contribution in [-0.4, -0.2) is 23.9 Å². The first-order chi connectivity index (χ1) is 16.8. The molecule has 1 saturated carbocycles. The van der Waals surface area contributed by atoms with E-state index in [1.807, 2.05) is 25.1 Å². The van der Waals surface area contributed by atoms with Crippen LogP contribution < -0.4 is 4.74 Å². The monoisotopic (exact) mass is 490 g/mol. The number of carboxylic acid groups (broad SMARTS) is 1. The Morgan fingerprint density at radius 1 is 1.06 bits per heavy atom. The summed E-state index contributed by atoms with van der Waals surface area (Å²) in [4.78, 5) is 11.0. The second-order valence-corrected chi connectivity index (χ2v) is 9.73. The maximum atomic E-state index is 14.6. The third-order valence-electron chi connectivity index (χ3n) is 7.46. The molecule has 2 atom stereocenters. The Morgan fingerprint density at radius 3 is 2.46 bits per heavy atom. The SMILES string of the molecule is CCCCCOc1cc(C2CCC(C(CC)C[C@H](F)C(=O)O)CC2)ccc1-c1cccc(F)c1F. The Hall–Kier alpha value is -2.50. The lowest BCUT2D eigenvalue weighted by Gasteiger charge is -2.34. The van der Waals surface area contributed by atoms with Gasteiger partial charge in [-0.15, -0.1) is 0 Å². The number of hydrogen-bond donors (Lipinski definition) is 1. The van der Waals surface area contributed by atoms with Gasteiger partial charge in [-0.05, 0) is 74.0 Å². The third kappa shape index (κ3) is 7.02.